The van der Waals surface area contributed by atoms with Gasteiger partial charge in [0.2, 0.25) is 11.8 Å². The summed E-state index contributed by atoms with van der Waals surface area (Å²) in [6.45, 7) is 5.53. The fourth-order valence-corrected chi connectivity index (χ4v) is 2.42. The normalized spacial score (nSPS) is 9.96. The number of amides is 2. The van der Waals surface area contributed by atoms with Crippen molar-refractivity contribution >= 4 is 11.8 Å². The van der Waals surface area contributed by atoms with E-state index in [2.05, 4.69) is 0 Å². The molecule has 1 aromatic rings. The van der Waals surface area contributed by atoms with Gasteiger partial charge in [-0.05, 0) is 32.4 Å². The van der Waals surface area contributed by atoms with Crippen molar-refractivity contribution in [3.05, 3.63) is 23.8 Å². The zero-order chi connectivity index (χ0) is 19.5. The summed E-state index contributed by atoms with van der Waals surface area (Å²) in [5.74, 6) is 0.867. The highest BCUT2D eigenvalue weighted by molar-refractivity contribution is 5.84. The molecule has 0 radical (unpaired) electrons. The molecule has 0 aromatic heterocycles. The van der Waals surface area contributed by atoms with E-state index in [0.717, 1.165) is 0 Å². The third-order valence-corrected chi connectivity index (χ3v) is 4.00. The number of methoxy groups -OCH3 is 1. The summed E-state index contributed by atoms with van der Waals surface area (Å²) in [6.07, 6.45) is 0.812. The number of hydrogen-bond acceptors (Lipinski definition) is 5. The van der Waals surface area contributed by atoms with E-state index >= 15 is 0 Å². The fourth-order valence-electron chi connectivity index (χ4n) is 2.42. The monoisotopic (exact) mass is 361 g/mol. The van der Waals surface area contributed by atoms with Crippen molar-refractivity contribution in [2.75, 3.05) is 40.4 Å². The van der Waals surface area contributed by atoms with Gasteiger partial charge in [0.1, 0.15) is 0 Å². The molecule has 7 heteroatoms. The molecule has 26 heavy (non-hydrogen) atoms. The Kier molecular flexibility index (Phi) is 8.99. The standard InChI is InChI=1S/C19H27N3O4/c1-5-22(6-2)19(24)14-21(3)18(23)8-7-11-26-16-10-9-15(13-20)12-17(16)25-4/h9-10,12H,5-8,11,14H2,1-4H3. The van der Waals surface area contributed by atoms with E-state index in [9.17, 15) is 9.59 Å². The zero-order valence-corrected chi connectivity index (χ0v) is 15.9. The van der Waals surface area contributed by atoms with E-state index in [4.69, 9.17) is 14.7 Å². The van der Waals surface area contributed by atoms with E-state index in [0.29, 0.717) is 49.6 Å². The maximum Gasteiger partial charge on any atom is 0.242 e. The lowest BCUT2D eigenvalue weighted by molar-refractivity contribution is -0.139. The molecule has 0 fully saturated rings. The molecule has 0 atom stereocenters. The largest absolute Gasteiger partial charge is 0.493 e. The molecule has 1 aromatic carbocycles. The summed E-state index contributed by atoms with van der Waals surface area (Å²) in [7, 11) is 3.14. The Balaban J connectivity index is 2.42. The number of nitrogens with zero attached hydrogens (tertiary/aromatic N) is 3. The maximum atomic E-state index is 12.1. The second kappa shape index (κ2) is 11.0. The van der Waals surface area contributed by atoms with Gasteiger partial charge in [0.25, 0.3) is 0 Å². The SMILES string of the molecule is CCN(CC)C(=O)CN(C)C(=O)CCCOc1ccc(C#N)cc1OC. The second-order valence-electron chi connectivity index (χ2n) is 5.75. The first kappa shape index (κ1) is 21.3. The number of carbonyl (C=O) groups is 2. The van der Waals surface area contributed by atoms with Gasteiger partial charge in [-0.25, -0.2) is 0 Å². The van der Waals surface area contributed by atoms with Crippen LogP contribution in [0.3, 0.4) is 0 Å². The van der Waals surface area contributed by atoms with Crippen LogP contribution in [0, 0.1) is 11.3 Å². The van der Waals surface area contributed by atoms with Crippen LogP contribution in [-0.4, -0.2) is 62.0 Å². The minimum Gasteiger partial charge on any atom is -0.493 e. The number of nitriles is 1. The molecule has 0 N–H and O–H groups in total. The highest BCUT2D eigenvalue weighted by Crippen LogP contribution is 2.27. The van der Waals surface area contributed by atoms with Crippen LogP contribution in [0.25, 0.3) is 0 Å². The van der Waals surface area contributed by atoms with Gasteiger partial charge in [-0.15, -0.1) is 0 Å². The quantitative estimate of drug-likeness (QED) is 0.596. The van der Waals surface area contributed by atoms with Crippen molar-refractivity contribution in [2.24, 2.45) is 0 Å². The van der Waals surface area contributed by atoms with Crippen LogP contribution in [0.15, 0.2) is 18.2 Å². The average Bonchev–Trinajstić information content (AvgIpc) is 2.65. The molecule has 0 aliphatic rings. The van der Waals surface area contributed by atoms with E-state index < -0.39 is 0 Å². The first-order valence-corrected chi connectivity index (χ1v) is 8.69. The Morgan fingerprint density at radius 1 is 1.15 bits per heavy atom. The molecule has 0 bridgehead atoms. The Bertz CT molecular complexity index is 651. The van der Waals surface area contributed by atoms with Crippen molar-refractivity contribution in [1.29, 1.82) is 5.26 Å². The van der Waals surface area contributed by atoms with Crippen LogP contribution in [0.4, 0.5) is 0 Å². The molecular weight excluding hydrogens is 334 g/mol. The molecule has 2 amide bonds. The lowest BCUT2D eigenvalue weighted by Gasteiger charge is -2.23. The summed E-state index contributed by atoms with van der Waals surface area (Å²) in [5, 5.41) is 8.89. The van der Waals surface area contributed by atoms with E-state index in [-0.39, 0.29) is 18.4 Å². The number of ether oxygens (including phenoxy) is 2. The molecule has 0 saturated carbocycles. The van der Waals surface area contributed by atoms with Gasteiger partial charge in [0, 0.05) is 32.6 Å². The van der Waals surface area contributed by atoms with Crippen LogP contribution in [0.1, 0.15) is 32.3 Å². The van der Waals surface area contributed by atoms with Gasteiger partial charge >= 0.3 is 0 Å². The predicted molar refractivity (Wildman–Crippen MR) is 98.0 cm³/mol. The summed E-state index contributed by atoms with van der Waals surface area (Å²) in [4.78, 5) is 27.3. The highest BCUT2D eigenvalue weighted by Gasteiger charge is 2.16. The summed E-state index contributed by atoms with van der Waals surface area (Å²) in [6, 6.07) is 6.97. The minimum atomic E-state index is -0.0964. The Morgan fingerprint density at radius 3 is 2.42 bits per heavy atom. The van der Waals surface area contributed by atoms with Gasteiger partial charge in [0.05, 0.1) is 31.9 Å². The van der Waals surface area contributed by atoms with Crippen LogP contribution in [0.5, 0.6) is 11.5 Å². The second-order valence-corrected chi connectivity index (χ2v) is 5.75. The van der Waals surface area contributed by atoms with Crippen LogP contribution in [-0.2, 0) is 9.59 Å². The number of likely N-dealkylation sites (N-methyl/N-ethyl adjacent to an activating group) is 2. The number of rotatable bonds is 10. The summed E-state index contributed by atoms with van der Waals surface area (Å²) < 4.78 is 10.8. The minimum absolute atomic E-state index is 0.0515. The zero-order valence-electron chi connectivity index (χ0n) is 15.9. The molecule has 0 aliphatic carbocycles. The lowest BCUT2D eigenvalue weighted by Crippen LogP contribution is -2.41. The van der Waals surface area contributed by atoms with Crippen LogP contribution in [0.2, 0.25) is 0 Å². The fraction of sp³-hybridized carbons (Fsp3) is 0.526. The van der Waals surface area contributed by atoms with Crippen LogP contribution >= 0.6 is 0 Å². The van der Waals surface area contributed by atoms with Gasteiger partial charge < -0.3 is 19.3 Å². The average molecular weight is 361 g/mol. The molecule has 0 saturated heterocycles. The molecule has 0 aliphatic heterocycles. The molecule has 0 spiro atoms. The third kappa shape index (κ3) is 6.28. The van der Waals surface area contributed by atoms with Crippen molar-refractivity contribution in [2.45, 2.75) is 26.7 Å². The van der Waals surface area contributed by atoms with Gasteiger partial charge in [-0.1, -0.05) is 0 Å². The van der Waals surface area contributed by atoms with Gasteiger partial charge in [-0.3, -0.25) is 9.59 Å². The first-order chi connectivity index (χ1) is 12.5. The number of benzene rings is 1. The van der Waals surface area contributed by atoms with Crippen molar-refractivity contribution in [3.8, 4) is 17.6 Å². The number of carbonyl (C=O) groups excluding carboxylic acids is 2. The predicted octanol–water partition coefficient (Wildman–Crippen LogP) is 2.05. The van der Waals surface area contributed by atoms with Gasteiger partial charge in [0.15, 0.2) is 11.5 Å². The van der Waals surface area contributed by atoms with Crippen molar-refractivity contribution in [1.82, 2.24) is 9.80 Å². The molecule has 1 rings (SSSR count). The Morgan fingerprint density at radius 2 is 1.85 bits per heavy atom. The summed E-state index contributed by atoms with van der Waals surface area (Å²) in [5.41, 5.74) is 0.490. The third-order valence-electron chi connectivity index (χ3n) is 4.00. The van der Waals surface area contributed by atoms with Crippen molar-refractivity contribution in [3.63, 3.8) is 0 Å². The molecular formula is C19H27N3O4. The molecule has 0 heterocycles. The van der Waals surface area contributed by atoms with E-state index in [1.807, 2.05) is 19.9 Å². The van der Waals surface area contributed by atoms with Gasteiger partial charge in [-0.2, -0.15) is 5.26 Å². The Labute approximate surface area is 155 Å². The van der Waals surface area contributed by atoms with E-state index in [1.54, 1.807) is 30.1 Å². The molecule has 142 valence electrons. The van der Waals surface area contributed by atoms with Crippen molar-refractivity contribution < 1.29 is 19.1 Å². The highest BCUT2D eigenvalue weighted by atomic mass is 16.5. The topological polar surface area (TPSA) is 82.9 Å². The summed E-state index contributed by atoms with van der Waals surface area (Å²) >= 11 is 0. The lowest BCUT2D eigenvalue weighted by atomic mass is 10.2. The Hall–Kier alpha value is -2.75. The van der Waals surface area contributed by atoms with Crippen LogP contribution < -0.4 is 9.47 Å². The molecule has 0 unspecified atom stereocenters. The van der Waals surface area contributed by atoms with E-state index in [1.165, 1.54) is 12.0 Å². The smallest absolute Gasteiger partial charge is 0.242 e. The number of hydrogen-bond donors (Lipinski definition) is 0. The molecule has 7 nitrogen and oxygen atoms in total. The maximum absolute atomic E-state index is 12.1. The first-order valence-electron chi connectivity index (χ1n) is 8.69.